The zero-order valence-corrected chi connectivity index (χ0v) is 10.9. The van der Waals surface area contributed by atoms with Crippen LogP contribution in [0.15, 0.2) is 24.3 Å². The summed E-state index contributed by atoms with van der Waals surface area (Å²) in [5.74, 6) is -0.957. The van der Waals surface area contributed by atoms with Gasteiger partial charge in [0.1, 0.15) is 11.6 Å². The number of benzene rings is 1. The van der Waals surface area contributed by atoms with Gasteiger partial charge >= 0.3 is 6.18 Å². The molecule has 21 heavy (non-hydrogen) atoms. The van der Waals surface area contributed by atoms with Gasteiger partial charge in [-0.25, -0.2) is 4.39 Å². The van der Waals surface area contributed by atoms with Crippen LogP contribution in [0.5, 0.6) is 0 Å². The van der Waals surface area contributed by atoms with Gasteiger partial charge in [-0.05, 0) is 17.7 Å². The Morgan fingerprint density at radius 3 is 2.43 bits per heavy atom. The van der Waals surface area contributed by atoms with Crippen LogP contribution in [-0.4, -0.2) is 26.2 Å². The fourth-order valence-corrected chi connectivity index (χ4v) is 2.40. The Morgan fingerprint density at radius 1 is 1.05 bits per heavy atom. The highest BCUT2D eigenvalue weighted by atomic mass is 19.4. The van der Waals surface area contributed by atoms with E-state index in [1.54, 1.807) is 12.1 Å². The van der Waals surface area contributed by atoms with Gasteiger partial charge in [0.15, 0.2) is 0 Å². The maximum atomic E-state index is 12.8. The van der Waals surface area contributed by atoms with Crippen molar-refractivity contribution in [3.8, 4) is 0 Å². The second kappa shape index (κ2) is 5.10. The minimum atomic E-state index is -4.48. The van der Waals surface area contributed by atoms with Crippen LogP contribution in [0.2, 0.25) is 0 Å². The molecule has 1 aromatic carbocycles. The maximum absolute atomic E-state index is 12.8. The highest BCUT2D eigenvalue weighted by Crippen LogP contribution is 2.29. The molecule has 0 saturated heterocycles. The lowest BCUT2D eigenvalue weighted by Crippen LogP contribution is -2.34. The van der Waals surface area contributed by atoms with Crippen LogP contribution in [0.4, 0.5) is 17.6 Å². The predicted molar refractivity (Wildman–Crippen MR) is 65.5 cm³/mol. The van der Waals surface area contributed by atoms with Crippen molar-refractivity contribution in [2.75, 3.05) is 6.54 Å². The summed E-state index contributed by atoms with van der Waals surface area (Å²) >= 11 is 0. The van der Waals surface area contributed by atoms with Crippen molar-refractivity contribution >= 4 is 0 Å². The van der Waals surface area contributed by atoms with Gasteiger partial charge in [-0.15, -0.1) is 10.2 Å². The lowest BCUT2D eigenvalue weighted by molar-refractivity contribution is -0.148. The van der Waals surface area contributed by atoms with E-state index < -0.39 is 12.0 Å². The van der Waals surface area contributed by atoms with Crippen LogP contribution in [0, 0.1) is 5.82 Å². The summed E-state index contributed by atoms with van der Waals surface area (Å²) < 4.78 is 52.1. The van der Waals surface area contributed by atoms with E-state index in [2.05, 4.69) is 10.2 Å². The van der Waals surface area contributed by atoms with E-state index >= 15 is 0 Å². The second-order valence-electron chi connectivity index (χ2n) is 4.93. The number of fused-ring (bicyclic) bond motifs is 1. The van der Waals surface area contributed by atoms with Crippen LogP contribution in [0.3, 0.4) is 0 Å². The Labute approximate surface area is 118 Å². The Bertz CT molecular complexity index is 633. The fourth-order valence-electron chi connectivity index (χ4n) is 2.40. The molecule has 1 aromatic heterocycles. The van der Waals surface area contributed by atoms with Gasteiger partial charge in [-0.1, -0.05) is 12.1 Å². The first-order valence-electron chi connectivity index (χ1n) is 6.39. The molecular weight excluding hydrogens is 288 g/mol. The first-order chi connectivity index (χ1) is 9.93. The van der Waals surface area contributed by atoms with E-state index in [9.17, 15) is 17.6 Å². The van der Waals surface area contributed by atoms with Gasteiger partial charge in [0.25, 0.3) is 0 Å². The summed E-state index contributed by atoms with van der Waals surface area (Å²) in [7, 11) is 0. The van der Waals surface area contributed by atoms with Crippen LogP contribution >= 0.6 is 0 Å². The Hall–Kier alpha value is -1.96. The zero-order chi connectivity index (χ0) is 15.0. The topological polar surface area (TPSA) is 34.0 Å². The molecule has 2 aromatic rings. The molecule has 0 fully saturated rings. The zero-order valence-electron chi connectivity index (χ0n) is 10.9. The van der Waals surface area contributed by atoms with Crippen LogP contribution in [-0.2, 0) is 25.8 Å². The molecule has 1 aliphatic rings. The summed E-state index contributed by atoms with van der Waals surface area (Å²) in [6.45, 7) is 1.48. The van der Waals surface area contributed by atoms with Crippen molar-refractivity contribution in [2.45, 2.75) is 25.8 Å². The summed E-state index contributed by atoms with van der Waals surface area (Å²) in [5, 5.41) is 6.85. The molecule has 4 nitrogen and oxygen atoms in total. The summed E-state index contributed by atoms with van der Waals surface area (Å²) in [6, 6.07) is 6.05. The molecule has 112 valence electrons. The number of hydrogen-bond acceptors (Lipinski definition) is 3. The molecule has 0 spiro atoms. The quantitative estimate of drug-likeness (QED) is 0.799. The number of alkyl halides is 3. The molecule has 0 amide bonds. The van der Waals surface area contributed by atoms with E-state index in [1.165, 1.54) is 12.1 Å². The number of hydrogen-bond donors (Lipinski definition) is 0. The molecule has 0 saturated carbocycles. The number of nitrogens with zero attached hydrogens (tertiary/aromatic N) is 4. The standard InChI is InChI=1S/C13H12F4N4/c14-10-3-1-9(2-4-10)7-20-5-6-21-11(8-20)18-19-12(21)13(15,16)17/h1-4H,5-8H2. The highest BCUT2D eigenvalue weighted by Gasteiger charge is 2.39. The maximum Gasteiger partial charge on any atom is 0.451 e. The summed E-state index contributed by atoms with van der Waals surface area (Å²) in [4.78, 5) is 1.96. The highest BCUT2D eigenvalue weighted by molar-refractivity contribution is 5.16. The second-order valence-corrected chi connectivity index (χ2v) is 4.93. The molecule has 1 aliphatic heterocycles. The predicted octanol–water partition coefficient (Wildman–Crippen LogP) is 2.45. The van der Waals surface area contributed by atoms with Crippen LogP contribution in [0.1, 0.15) is 17.2 Å². The molecule has 0 aliphatic carbocycles. The number of aromatic nitrogens is 3. The largest absolute Gasteiger partial charge is 0.451 e. The van der Waals surface area contributed by atoms with Crippen molar-refractivity contribution in [3.63, 3.8) is 0 Å². The summed E-state index contributed by atoms with van der Waals surface area (Å²) in [6.07, 6.45) is -4.48. The van der Waals surface area contributed by atoms with Crippen molar-refractivity contribution < 1.29 is 17.6 Å². The average Bonchev–Trinajstić information content (AvgIpc) is 2.84. The van der Waals surface area contributed by atoms with Gasteiger partial charge in [-0.2, -0.15) is 13.2 Å². The molecular formula is C13H12F4N4. The SMILES string of the molecule is Fc1ccc(CN2CCn3c(nnc3C(F)(F)F)C2)cc1. The molecule has 8 heteroatoms. The van der Waals surface area contributed by atoms with Crippen LogP contribution < -0.4 is 0 Å². The minimum absolute atomic E-state index is 0.193. The van der Waals surface area contributed by atoms with Gasteiger partial charge in [0.2, 0.25) is 5.82 Å². The first-order valence-corrected chi connectivity index (χ1v) is 6.39. The molecule has 0 bridgehead atoms. The lowest BCUT2D eigenvalue weighted by atomic mass is 10.2. The Kier molecular flexibility index (Phi) is 3.40. The van der Waals surface area contributed by atoms with Crippen molar-refractivity contribution in [2.24, 2.45) is 0 Å². The fraction of sp³-hybridized carbons (Fsp3) is 0.385. The van der Waals surface area contributed by atoms with E-state index in [0.717, 1.165) is 10.1 Å². The lowest BCUT2D eigenvalue weighted by Gasteiger charge is -2.27. The number of rotatable bonds is 2. The van der Waals surface area contributed by atoms with E-state index in [0.29, 0.717) is 25.5 Å². The van der Waals surface area contributed by atoms with Crippen molar-refractivity contribution in [1.82, 2.24) is 19.7 Å². The van der Waals surface area contributed by atoms with Gasteiger partial charge in [0, 0.05) is 19.6 Å². The van der Waals surface area contributed by atoms with E-state index in [4.69, 9.17) is 0 Å². The minimum Gasteiger partial charge on any atom is -0.305 e. The summed E-state index contributed by atoms with van der Waals surface area (Å²) in [5.41, 5.74) is 0.903. The molecule has 3 rings (SSSR count). The molecule has 2 heterocycles. The molecule has 0 radical (unpaired) electrons. The van der Waals surface area contributed by atoms with E-state index in [1.807, 2.05) is 4.90 Å². The van der Waals surface area contributed by atoms with Crippen LogP contribution in [0.25, 0.3) is 0 Å². The Balaban J connectivity index is 1.73. The van der Waals surface area contributed by atoms with Crippen molar-refractivity contribution in [3.05, 3.63) is 47.3 Å². The normalized spacial score (nSPS) is 16.0. The monoisotopic (exact) mass is 300 g/mol. The van der Waals surface area contributed by atoms with Gasteiger partial charge < -0.3 is 4.57 Å². The van der Waals surface area contributed by atoms with E-state index in [-0.39, 0.29) is 12.4 Å². The third kappa shape index (κ3) is 2.90. The van der Waals surface area contributed by atoms with Gasteiger partial charge in [-0.3, -0.25) is 4.90 Å². The molecule has 0 unspecified atom stereocenters. The first kappa shape index (κ1) is 14.0. The number of halogens is 4. The molecule has 0 atom stereocenters. The Morgan fingerprint density at radius 2 is 1.76 bits per heavy atom. The molecule has 0 N–H and O–H groups in total. The smallest absolute Gasteiger partial charge is 0.305 e. The third-order valence-electron chi connectivity index (χ3n) is 3.41. The van der Waals surface area contributed by atoms with Gasteiger partial charge in [0.05, 0.1) is 6.54 Å². The van der Waals surface area contributed by atoms with Crippen molar-refractivity contribution in [1.29, 1.82) is 0 Å². The average molecular weight is 300 g/mol. The third-order valence-corrected chi connectivity index (χ3v) is 3.41.